The zero-order chi connectivity index (χ0) is 14.2. The summed E-state index contributed by atoms with van der Waals surface area (Å²) in [7, 11) is 0. The molecule has 0 aliphatic carbocycles. The zero-order valence-electron chi connectivity index (χ0n) is 12.1. The molecular weight excluding hydrogens is 254 g/mol. The average molecular weight is 277 g/mol. The van der Waals surface area contributed by atoms with E-state index in [2.05, 4.69) is 17.0 Å². The summed E-state index contributed by atoms with van der Waals surface area (Å²) in [6.07, 6.45) is 2.26. The highest BCUT2D eigenvalue weighted by Crippen LogP contribution is 2.15. The lowest BCUT2D eigenvalue weighted by Crippen LogP contribution is -2.40. The normalized spacial score (nSPS) is 17.1. The van der Waals surface area contributed by atoms with Crippen LogP contribution in [0, 0.1) is 0 Å². The molecule has 0 N–H and O–H groups in total. The molecule has 0 unspecified atom stereocenters. The van der Waals surface area contributed by atoms with Crippen LogP contribution in [-0.4, -0.2) is 43.2 Å². The van der Waals surface area contributed by atoms with Crippen LogP contribution in [0.15, 0.2) is 30.3 Å². The predicted octanol–water partition coefficient (Wildman–Crippen LogP) is 2.23. The maximum atomic E-state index is 11.4. The second-order valence-electron chi connectivity index (χ2n) is 5.08. The van der Waals surface area contributed by atoms with Gasteiger partial charge < -0.3 is 9.47 Å². The van der Waals surface area contributed by atoms with Gasteiger partial charge in [0, 0.05) is 13.1 Å². The van der Waals surface area contributed by atoms with Gasteiger partial charge in [-0.05, 0) is 25.3 Å². The third kappa shape index (κ3) is 4.94. The van der Waals surface area contributed by atoms with Crippen molar-refractivity contribution in [1.29, 1.82) is 0 Å². The molecule has 4 nitrogen and oxygen atoms in total. The van der Waals surface area contributed by atoms with Gasteiger partial charge in [0.15, 0.2) is 0 Å². The number of nitrogens with zero attached hydrogens (tertiary/aromatic N) is 1. The second kappa shape index (κ2) is 8.02. The monoisotopic (exact) mass is 277 g/mol. The van der Waals surface area contributed by atoms with E-state index in [9.17, 15) is 4.79 Å². The first-order valence-corrected chi connectivity index (χ1v) is 7.31. The lowest BCUT2D eigenvalue weighted by Gasteiger charge is -2.31. The number of ether oxygens (including phenoxy) is 2. The van der Waals surface area contributed by atoms with Crippen LogP contribution in [0.2, 0.25) is 0 Å². The number of likely N-dealkylation sites (tertiary alicyclic amines) is 1. The Morgan fingerprint density at radius 2 is 1.95 bits per heavy atom. The van der Waals surface area contributed by atoms with E-state index in [-0.39, 0.29) is 5.97 Å². The van der Waals surface area contributed by atoms with Crippen molar-refractivity contribution in [3.05, 3.63) is 35.9 Å². The smallest absolute Gasteiger partial charge is 0.320 e. The molecule has 0 aromatic heterocycles. The van der Waals surface area contributed by atoms with Gasteiger partial charge in [0.1, 0.15) is 0 Å². The SMILES string of the molecule is CCOC(=O)CN1CCC(OCc2ccccc2)CC1. The van der Waals surface area contributed by atoms with E-state index in [1.165, 1.54) is 5.56 Å². The summed E-state index contributed by atoms with van der Waals surface area (Å²) >= 11 is 0. The quantitative estimate of drug-likeness (QED) is 0.747. The topological polar surface area (TPSA) is 38.8 Å². The van der Waals surface area contributed by atoms with E-state index in [0.717, 1.165) is 25.9 Å². The van der Waals surface area contributed by atoms with Crippen LogP contribution in [0.25, 0.3) is 0 Å². The summed E-state index contributed by atoms with van der Waals surface area (Å²) < 4.78 is 10.9. The molecule has 0 amide bonds. The van der Waals surface area contributed by atoms with Gasteiger partial charge in [-0.2, -0.15) is 0 Å². The van der Waals surface area contributed by atoms with Gasteiger partial charge >= 0.3 is 5.97 Å². The fourth-order valence-corrected chi connectivity index (χ4v) is 2.41. The third-order valence-corrected chi connectivity index (χ3v) is 3.52. The molecule has 1 aromatic carbocycles. The maximum absolute atomic E-state index is 11.4. The number of carbonyl (C=O) groups is 1. The standard InChI is InChI=1S/C16H23NO3/c1-2-19-16(18)12-17-10-8-15(9-11-17)20-13-14-6-4-3-5-7-14/h3-7,15H,2,8-13H2,1H3. The van der Waals surface area contributed by atoms with E-state index >= 15 is 0 Å². The summed E-state index contributed by atoms with van der Waals surface area (Å²) in [5, 5.41) is 0. The molecule has 2 rings (SSSR count). The van der Waals surface area contributed by atoms with Crippen molar-refractivity contribution in [3.63, 3.8) is 0 Å². The number of esters is 1. The van der Waals surface area contributed by atoms with Crippen LogP contribution in [0.4, 0.5) is 0 Å². The number of piperidine rings is 1. The number of rotatable bonds is 6. The summed E-state index contributed by atoms with van der Waals surface area (Å²) in [6, 6.07) is 10.2. The molecule has 1 aliphatic heterocycles. The number of benzene rings is 1. The molecule has 1 aromatic rings. The van der Waals surface area contributed by atoms with E-state index in [1.807, 2.05) is 25.1 Å². The van der Waals surface area contributed by atoms with Crippen molar-refractivity contribution in [2.24, 2.45) is 0 Å². The summed E-state index contributed by atoms with van der Waals surface area (Å²) in [5.74, 6) is -0.129. The van der Waals surface area contributed by atoms with Gasteiger partial charge in [0.25, 0.3) is 0 Å². The Hall–Kier alpha value is -1.39. The number of carbonyl (C=O) groups excluding carboxylic acids is 1. The third-order valence-electron chi connectivity index (χ3n) is 3.52. The van der Waals surface area contributed by atoms with Crippen molar-refractivity contribution >= 4 is 5.97 Å². The van der Waals surface area contributed by atoms with Crippen LogP contribution in [0.5, 0.6) is 0 Å². The molecule has 20 heavy (non-hydrogen) atoms. The fourth-order valence-electron chi connectivity index (χ4n) is 2.41. The van der Waals surface area contributed by atoms with Crippen LogP contribution in [0.3, 0.4) is 0 Å². The molecule has 1 heterocycles. The lowest BCUT2D eigenvalue weighted by molar-refractivity contribution is -0.145. The minimum absolute atomic E-state index is 0.129. The van der Waals surface area contributed by atoms with E-state index < -0.39 is 0 Å². The zero-order valence-corrected chi connectivity index (χ0v) is 12.1. The Labute approximate surface area is 120 Å². The van der Waals surface area contributed by atoms with Gasteiger partial charge in [0.2, 0.25) is 0 Å². The second-order valence-corrected chi connectivity index (χ2v) is 5.08. The highest BCUT2D eigenvalue weighted by Gasteiger charge is 2.21. The van der Waals surface area contributed by atoms with Gasteiger partial charge in [-0.25, -0.2) is 0 Å². The molecule has 1 fully saturated rings. The van der Waals surface area contributed by atoms with Crippen molar-refractivity contribution in [2.75, 3.05) is 26.2 Å². The van der Waals surface area contributed by atoms with E-state index in [1.54, 1.807) is 0 Å². The Morgan fingerprint density at radius 1 is 1.25 bits per heavy atom. The Balaban J connectivity index is 1.65. The lowest BCUT2D eigenvalue weighted by atomic mass is 10.1. The van der Waals surface area contributed by atoms with E-state index in [0.29, 0.717) is 25.9 Å². The molecule has 110 valence electrons. The minimum atomic E-state index is -0.129. The van der Waals surface area contributed by atoms with Crippen LogP contribution < -0.4 is 0 Å². The van der Waals surface area contributed by atoms with Gasteiger partial charge in [-0.1, -0.05) is 30.3 Å². The average Bonchev–Trinajstić information content (AvgIpc) is 2.48. The Kier molecular flexibility index (Phi) is 6.02. The molecule has 0 bridgehead atoms. The van der Waals surface area contributed by atoms with Crippen molar-refractivity contribution in [1.82, 2.24) is 4.90 Å². The molecule has 0 radical (unpaired) electrons. The van der Waals surface area contributed by atoms with Crippen LogP contribution in [-0.2, 0) is 20.9 Å². The molecule has 0 saturated carbocycles. The summed E-state index contributed by atoms with van der Waals surface area (Å²) in [5.41, 5.74) is 1.21. The molecular formula is C16H23NO3. The highest BCUT2D eigenvalue weighted by atomic mass is 16.5. The fraction of sp³-hybridized carbons (Fsp3) is 0.562. The van der Waals surface area contributed by atoms with Gasteiger partial charge in [0.05, 0.1) is 25.9 Å². The van der Waals surface area contributed by atoms with Crippen molar-refractivity contribution in [3.8, 4) is 0 Å². The first-order valence-electron chi connectivity index (χ1n) is 7.31. The Bertz CT molecular complexity index is 399. The largest absolute Gasteiger partial charge is 0.465 e. The molecule has 1 aliphatic rings. The Morgan fingerprint density at radius 3 is 2.60 bits per heavy atom. The van der Waals surface area contributed by atoms with Crippen molar-refractivity contribution < 1.29 is 14.3 Å². The predicted molar refractivity (Wildman–Crippen MR) is 77.3 cm³/mol. The van der Waals surface area contributed by atoms with E-state index in [4.69, 9.17) is 9.47 Å². The van der Waals surface area contributed by atoms with Crippen LogP contribution >= 0.6 is 0 Å². The molecule has 4 heteroatoms. The molecule has 1 saturated heterocycles. The van der Waals surface area contributed by atoms with Crippen molar-refractivity contribution in [2.45, 2.75) is 32.5 Å². The van der Waals surface area contributed by atoms with Gasteiger partial charge in [-0.3, -0.25) is 9.69 Å². The summed E-state index contributed by atoms with van der Waals surface area (Å²) in [4.78, 5) is 13.5. The van der Waals surface area contributed by atoms with Crippen LogP contribution in [0.1, 0.15) is 25.3 Å². The van der Waals surface area contributed by atoms with Gasteiger partial charge in [-0.15, -0.1) is 0 Å². The maximum Gasteiger partial charge on any atom is 0.320 e. The number of hydrogen-bond donors (Lipinski definition) is 0. The first kappa shape index (κ1) is 15.0. The highest BCUT2D eigenvalue weighted by molar-refractivity contribution is 5.71. The minimum Gasteiger partial charge on any atom is -0.465 e. The molecule has 0 spiro atoms. The number of hydrogen-bond acceptors (Lipinski definition) is 4. The molecule has 0 atom stereocenters. The summed E-state index contributed by atoms with van der Waals surface area (Å²) in [6.45, 7) is 5.16. The first-order chi connectivity index (χ1) is 9.78.